The van der Waals surface area contributed by atoms with E-state index in [9.17, 15) is 9.90 Å². The molecule has 0 bridgehead atoms. The first-order chi connectivity index (χ1) is 13.6. The zero-order chi connectivity index (χ0) is 20.6. The van der Waals surface area contributed by atoms with Crippen LogP contribution in [0.15, 0.2) is 12.1 Å². The Kier molecular flexibility index (Phi) is 13.5. The fraction of sp³-hybridized carbons (Fsp3) is 0.720. The summed E-state index contributed by atoms with van der Waals surface area (Å²) in [5, 5.41) is 10.2. The van der Waals surface area contributed by atoms with E-state index in [2.05, 4.69) is 6.92 Å². The number of aryl methyl sites for hydroxylation is 3. The molecule has 0 aromatic heterocycles. The maximum Gasteiger partial charge on any atom is 0.306 e. The van der Waals surface area contributed by atoms with Crippen molar-refractivity contribution < 1.29 is 14.6 Å². The molecule has 3 heteroatoms. The van der Waals surface area contributed by atoms with Gasteiger partial charge in [-0.15, -0.1) is 0 Å². The molecule has 0 heterocycles. The first-order valence-corrected chi connectivity index (χ1v) is 11.6. The highest BCUT2D eigenvalue weighted by Crippen LogP contribution is 2.26. The van der Waals surface area contributed by atoms with Gasteiger partial charge < -0.3 is 9.84 Å². The summed E-state index contributed by atoms with van der Waals surface area (Å²) >= 11 is 0. The van der Waals surface area contributed by atoms with Crippen molar-refractivity contribution in [2.24, 2.45) is 0 Å². The van der Waals surface area contributed by atoms with Crippen LogP contribution in [-0.4, -0.2) is 17.7 Å². The average Bonchev–Trinajstić information content (AvgIpc) is 2.71. The lowest BCUT2D eigenvalue weighted by atomic mass is 9.98. The van der Waals surface area contributed by atoms with E-state index in [1.807, 2.05) is 26.0 Å². The maximum atomic E-state index is 12.0. The number of carbonyl (C=O) groups is 1. The van der Waals surface area contributed by atoms with Gasteiger partial charge in [-0.3, -0.25) is 4.79 Å². The molecule has 0 fully saturated rings. The molecule has 0 saturated heterocycles. The molecular formula is C25H42O3. The van der Waals surface area contributed by atoms with E-state index < -0.39 is 0 Å². The summed E-state index contributed by atoms with van der Waals surface area (Å²) in [4.78, 5) is 12.0. The monoisotopic (exact) mass is 390 g/mol. The van der Waals surface area contributed by atoms with Crippen LogP contribution < -0.4 is 0 Å². The Morgan fingerprint density at radius 2 is 1.32 bits per heavy atom. The van der Waals surface area contributed by atoms with E-state index >= 15 is 0 Å². The smallest absolute Gasteiger partial charge is 0.306 e. The van der Waals surface area contributed by atoms with Crippen LogP contribution in [0, 0.1) is 0 Å². The molecule has 0 amide bonds. The van der Waals surface area contributed by atoms with Crippen molar-refractivity contribution >= 4 is 5.97 Å². The van der Waals surface area contributed by atoms with Crippen LogP contribution in [0.5, 0.6) is 5.75 Å². The van der Waals surface area contributed by atoms with Gasteiger partial charge in [0.1, 0.15) is 5.75 Å². The number of esters is 1. The minimum absolute atomic E-state index is 0.111. The molecule has 0 radical (unpaired) electrons. The lowest BCUT2D eigenvalue weighted by Gasteiger charge is -2.11. The molecule has 0 aliphatic rings. The molecule has 0 unspecified atom stereocenters. The number of hydrogen-bond acceptors (Lipinski definition) is 3. The summed E-state index contributed by atoms with van der Waals surface area (Å²) < 4.78 is 5.38. The number of phenolic OH excluding ortho intramolecular Hbond substituents is 1. The highest BCUT2D eigenvalue weighted by Gasteiger charge is 2.10. The molecular weight excluding hydrogens is 348 g/mol. The Morgan fingerprint density at radius 3 is 1.82 bits per heavy atom. The first kappa shape index (κ1) is 24.5. The lowest BCUT2D eigenvalue weighted by molar-refractivity contribution is -0.143. The Hall–Kier alpha value is -1.51. The van der Waals surface area contributed by atoms with Crippen LogP contribution in [0.25, 0.3) is 0 Å². The molecule has 1 aromatic carbocycles. The molecule has 3 nitrogen and oxygen atoms in total. The van der Waals surface area contributed by atoms with Gasteiger partial charge in [0.2, 0.25) is 0 Å². The van der Waals surface area contributed by atoms with Crippen LogP contribution in [0.4, 0.5) is 0 Å². The second kappa shape index (κ2) is 15.4. The molecule has 1 rings (SSSR count). The molecule has 0 spiro atoms. The highest BCUT2D eigenvalue weighted by atomic mass is 16.5. The van der Waals surface area contributed by atoms with Gasteiger partial charge in [0.05, 0.1) is 6.61 Å². The van der Waals surface area contributed by atoms with Gasteiger partial charge in [-0.25, -0.2) is 0 Å². The van der Waals surface area contributed by atoms with Gasteiger partial charge in [0.25, 0.3) is 0 Å². The normalized spacial score (nSPS) is 11.0. The highest BCUT2D eigenvalue weighted by molar-refractivity contribution is 5.69. The number of unbranched alkanes of at least 4 members (excludes halogenated alkanes) is 9. The molecule has 1 N–H and O–H groups in total. The van der Waals surface area contributed by atoms with Gasteiger partial charge >= 0.3 is 5.97 Å². The number of ether oxygens (including phenoxy) is 1. The van der Waals surface area contributed by atoms with Crippen molar-refractivity contribution in [1.29, 1.82) is 0 Å². The third-order valence-electron chi connectivity index (χ3n) is 5.47. The Balaban J connectivity index is 2.11. The maximum absolute atomic E-state index is 12.0. The molecule has 0 aliphatic carbocycles. The summed E-state index contributed by atoms with van der Waals surface area (Å²) in [5.74, 6) is 0.303. The number of rotatable bonds is 16. The second-order valence-corrected chi connectivity index (χ2v) is 7.87. The Morgan fingerprint density at radius 1 is 0.821 bits per heavy atom. The van der Waals surface area contributed by atoms with E-state index in [4.69, 9.17) is 4.74 Å². The van der Waals surface area contributed by atoms with Crippen LogP contribution in [-0.2, 0) is 28.8 Å². The number of carbonyl (C=O) groups excluding carboxylic acids is 1. The summed E-state index contributed by atoms with van der Waals surface area (Å²) in [5.41, 5.74) is 3.04. The Bertz CT molecular complexity index is 526. The summed E-state index contributed by atoms with van der Waals surface area (Å²) in [6, 6.07) is 4.04. The molecule has 160 valence electrons. The number of phenols is 1. The van der Waals surface area contributed by atoms with Gasteiger partial charge in [-0.2, -0.15) is 0 Å². The van der Waals surface area contributed by atoms with Gasteiger partial charge in [0.15, 0.2) is 0 Å². The van der Waals surface area contributed by atoms with Gasteiger partial charge in [0, 0.05) is 6.42 Å². The third-order valence-corrected chi connectivity index (χ3v) is 5.47. The molecule has 0 saturated carbocycles. The minimum atomic E-state index is -0.111. The van der Waals surface area contributed by atoms with Gasteiger partial charge in [-0.1, -0.05) is 90.7 Å². The second-order valence-electron chi connectivity index (χ2n) is 7.87. The van der Waals surface area contributed by atoms with Crippen molar-refractivity contribution in [1.82, 2.24) is 0 Å². The topological polar surface area (TPSA) is 46.5 Å². The fourth-order valence-electron chi connectivity index (χ4n) is 3.61. The average molecular weight is 391 g/mol. The Labute approximate surface area is 172 Å². The summed E-state index contributed by atoms with van der Waals surface area (Å²) in [6.07, 6.45) is 15.5. The number of hydrogen-bond donors (Lipinski definition) is 1. The minimum Gasteiger partial charge on any atom is -0.507 e. The molecule has 28 heavy (non-hydrogen) atoms. The molecule has 1 aromatic rings. The predicted octanol–water partition coefficient (Wildman–Crippen LogP) is 6.91. The van der Waals surface area contributed by atoms with Crippen LogP contribution >= 0.6 is 0 Å². The van der Waals surface area contributed by atoms with E-state index in [0.717, 1.165) is 42.4 Å². The van der Waals surface area contributed by atoms with E-state index in [1.165, 1.54) is 51.4 Å². The third kappa shape index (κ3) is 10.1. The lowest BCUT2D eigenvalue weighted by Crippen LogP contribution is -2.07. The summed E-state index contributed by atoms with van der Waals surface area (Å²) in [7, 11) is 0. The van der Waals surface area contributed by atoms with E-state index in [0.29, 0.717) is 25.2 Å². The van der Waals surface area contributed by atoms with E-state index in [-0.39, 0.29) is 5.97 Å². The van der Waals surface area contributed by atoms with E-state index in [1.54, 1.807) is 0 Å². The standard InChI is InChI=1S/C25H42O3/c1-4-7-8-9-10-11-12-13-14-15-18-28-24(26)17-16-21-19-22(5-2)25(27)23(6-3)20-21/h19-20,27H,4-18H2,1-3H3. The first-order valence-electron chi connectivity index (χ1n) is 11.6. The van der Waals surface area contributed by atoms with Crippen LogP contribution in [0.1, 0.15) is 108 Å². The number of benzene rings is 1. The van der Waals surface area contributed by atoms with Crippen molar-refractivity contribution in [3.8, 4) is 5.75 Å². The zero-order valence-electron chi connectivity index (χ0n) is 18.5. The van der Waals surface area contributed by atoms with Gasteiger partial charge in [-0.05, 0) is 42.4 Å². The zero-order valence-corrected chi connectivity index (χ0v) is 18.5. The van der Waals surface area contributed by atoms with Crippen LogP contribution in [0.2, 0.25) is 0 Å². The SMILES string of the molecule is CCCCCCCCCCCCOC(=O)CCc1cc(CC)c(O)c(CC)c1. The quantitative estimate of drug-likeness (QED) is 0.246. The van der Waals surface area contributed by atoms with Crippen LogP contribution in [0.3, 0.4) is 0 Å². The largest absolute Gasteiger partial charge is 0.507 e. The predicted molar refractivity (Wildman–Crippen MR) is 118 cm³/mol. The van der Waals surface area contributed by atoms with Crippen molar-refractivity contribution in [3.63, 3.8) is 0 Å². The van der Waals surface area contributed by atoms with Crippen molar-refractivity contribution in [2.75, 3.05) is 6.61 Å². The number of aromatic hydroxyl groups is 1. The molecule has 0 atom stereocenters. The van der Waals surface area contributed by atoms with Crippen molar-refractivity contribution in [3.05, 3.63) is 28.8 Å². The fourth-order valence-corrected chi connectivity index (χ4v) is 3.61. The summed E-state index contributed by atoms with van der Waals surface area (Å²) in [6.45, 7) is 6.88. The van der Waals surface area contributed by atoms with Crippen molar-refractivity contribution in [2.45, 2.75) is 111 Å². The molecule has 0 aliphatic heterocycles.